The van der Waals surface area contributed by atoms with Crippen LogP contribution in [0.5, 0.6) is 5.75 Å². The van der Waals surface area contributed by atoms with Gasteiger partial charge in [0.25, 0.3) is 0 Å². The van der Waals surface area contributed by atoms with E-state index in [0.717, 1.165) is 11.3 Å². The molecule has 1 heterocycles. The fraction of sp³-hybridized carbons (Fsp3) is 0.471. The Labute approximate surface area is 131 Å². The van der Waals surface area contributed by atoms with Crippen LogP contribution in [0.4, 0.5) is 0 Å². The van der Waals surface area contributed by atoms with Gasteiger partial charge in [0.05, 0.1) is 5.69 Å². The molecule has 0 unspecified atom stereocenters. The highest BCUT2D eigenvalue weighted by atomic mass is 32.2. The maximum Gasteiger partial charge on any atom is 0.164 e. The Morgan fingerprint density at radius 1 is 1.14 bits per heavy atom. The summed E-state index contributed by atoms with van der Waals surface area (Å²) in [5, 5.41) is 14.8. The molecule has 0 saturated heterocycles. The fourth-order valence-corrected chi connectivity index (χ4v) is 3.22. The first-order chi connectivity index (χ1) is 9.69. The highest BCUT2D eigenvalue weighted by Crippen LogP contribution is 2.36. The maximum atomic E-state index is 10.3. The van der Waals surface area contributed by atoms with Gasteiger partial charge in [-0.3, -0.25) is 4.68 Å². The zero-order valence-electron chi connectivity index (χ0n) is 13.6. The number of thioether (sulfide) groups is 1. The van der Waals surface area contributed by atoms with Gasteiger partial charge in [-0.1, -0.05) is 32.9 Å². The fourth-order valence-electron chi connectivity index (χ4n) is 2.24. The van der Waals surface area contributed by atoms with Crippen molar-refractivity contribution < 1.29 is 5.11 Å². The molecule has 0 atom stereocenters. The number of nitrogens with zero attached hydrogens (tertiary/aromatic N) is 2. The van der Waals surface area contributed by atoms with Gasteiger partial charge in [-0.25, -0.2) is 0 Å². The maximum absolute atomic E-state index is 10.3. The van der Waals surface area contributed by atoms with E-state index < -0.39 is 0 Å². The number of rotatable bonds is 3. The molecule has 2 aromatic rings. The second-order valence-electron chi connectivity index (χ2n) is 6.56. The van der Waals surface area contributed by atoms with Crippen molar-refractivity contribution in [2.24, 2.45) is 0 Å². The first-order valence-corrected chi connectivity index (χ1v) is 8.08. The minimum Gasteiger partial charge on any atom is -0.504 e. The van der Waals surface area contributed by atoms with Crippen molar-refractivity contribution >= 4 is 11.8 Å². The lowest BCUT2D eigenvalue weighted by molar-refractivity contribution is 0.461. The molecule has 114 valence electrons. The van der Waals surface area contributed by atoms with Crippen LogP contribution >= 0.6 is 11.8 Å². The van der Waals surface area contributed by atoms with E-state index in [9.17, 15) is 5.11 Å². The summed E-state index contributed by atoms with van der Waals surface area (Å²) in [6, 6.07) is 8.48. The van der Waals surface area contributed by atoms with Crippen LogP contribution in [-0.2, 0) is 0 Å². The highest BCUT2D eigenvalue weighted by Gasteiger charge is 2.17. The molecule has 0 radical (unpaired) electrons. The normalized spacial score (nSPS) is 12.1. The van der Waals surface area contributed by atoms with Crippen LogP contribution in [0.2, 0.25) is 0 Å². The summed E-state index contributed by atoms with van der Waals surface area (Å²) in [4.78, 5) is 1.23. The Bertz CT molecular complexity index is 621. The third kappa shape index (κ3) is 3.62. The van der Waals surface area contributed by atoms with E-state index in [2.05, 4.69) is 51.9 Å². The van der Waals surface area contributed by atoms with Gasteiger partial charge in [0.2, 0.25) is 0 Å². The molecule has 1 aromatic carbocycles. The van der Waals surface area contributed by atoms with Crippen molar-refractivity contribution in [3.8, 4) is 17.0 Å². The zero-order chi connectivity index (χ0) is 15.8. The predicted molar refractivity (Wildman–Crippen MR) is 90.1 cm³/mol. The van der Waals surface area contributed by atoms with Crippen molar-refractivity contribution in [3.05, 3.63) is 30.0 Å². The molecule has 0 aliphatic heterocycles. The van der Waals surface area contributed by atoms with Gasteiger partial charge in [-0.05, 0) is 32.9 Å². The topological polar surface area (TPSA) is 38.1 Å². The largest absolute Gasteiger partial charge is 0.504 e. The van der Waals surface area contributed by atoms with E-state index in [-0.39, 0.29) is 16.5 Å². The summed E-state index contributed by atoms with van der Waals surface area (Å²) >= 11 is 1.83. The highest BCUT2D eigenvalue weighted by molar-refractivity contribution is 8.00. The van der Waals surface area contributed by atoms with Gasteiger partial charge in [-0.15, -0.1) is 11.8 Å². The zero-order valence-corrected chi connectivity index (χ0v) is 14.5. The standard InChI is InChI=1S/C17H24N2OS/c1-11(2)19-12(3)16(20)15(18-19)13-7-9-14(10-8-13)21-17(4,5)6/h7-11,20H,1-6H3. The summed E-state index contributed by atoms with van der Waals surface area (Å²) in [6.07, 6.45) is 0. The number of benzene rings is 1. The average Bonchev–Trinajstić information content (AvgIpc) is 2.66. The molecule has 0 aliphatic carbocycles. The van der Waals surface area contributed by atoms with Gasteiger partial charge >= 0.3 is 0 Å². The van der Waals surface area contributed by atoms with Crippen molar-refractivity contribution in [2.75, 3.05) is 0 Å². The van der Waals surface area contributed by atoms with E-state index in [1.807, 2.05) is 35.5 Å². The summed E-state index contributed by atoms with van der Waals surface area (Å²) < 4.78 is 2.06. The number of hydrogen-bond acceptors (Lipinski definition) is 3. The van der Waals surface area contributed by atoms with E-state index in [4.69, 9.17) is 0 Å². The third-order valence-corrected chi connectivity index (χ3v) is 4.28. The van der Waals surface area contributed by atoms with Crippen LogP contribution in [0.3, 0.4) is 0 Å². The molecule has 0 amide bonds. The number of hydrogen-bond donors (Lipinski definition) is 1. The lowest BCUT2D eigenvalue weighted by Gasteiger charge is -2.17. The predicted octanol–water partition coefficient (Wildman–Crippen LogP) is 5.04. The third-order valence-electron chi connectivity index (χ3n) is 3.16. The molecule has 0 saturated carbocycles. The molecule has 2 rings (SSSR count). The summed E-state index contributed by atoms with van der Waals surface area (Å²) in [7, 11) is 0. The second kappa shape index (κ2) is 5.76. The van der Waals surface area contributed by atoms with Crippen molar-refractivity contribution in [1.82, 2.24) is 9.78 Å². The molecule has 1 N–H and O–H groups in total. The Kier molecular flexibility index (Phi) is 4.38. The van der Waals surface area contributed by atoms with E-state index in [0.29, 0.717) is 5.69 Å². The molecular weight excluding hydrogens is 280 g/mol. The van der Waals surface area contributed by atoms with Crippen LogP contribution in [0.1, 0.15) is 46.4 Å². The Morgan fingerprint density at radius 2 is 1.71 bits per heavy atom. The van der Waals surface area contributed by atoms with Crippen molar-refractivity contribution in [2.45, 2.75) is 57.2 Å². The molecule has 4 heteroatoms. The summed E-state index contributed by atoms with van der Waals surface area (Å²) in [5.41, 5.74) is 2.43. The first-order valence-electron chi connectivity index (χ1n) is 7.26. The molecule has 1 aromatic heterocycles. The van der Waals surface area contributed by atoms with Crippen LogP contribution < -0.4 is 0 Å². The van der Waals surface area contributed by atoms with Gasteiger partial charge < -0.3 is 5.11 Å². The van der Waals surface area contributed by atoms with Gasteiger partial charge in [-0.2, -0.15) is 5.10 Å². The molecule has 0 bridgehead atoms. The molecular formula is C17H24N2OS. The molecule has 3 nitrogen and oxygen atoms in total. The van der Waals surface area contributed by atoms with E-state index in [1.54, 1.807) is 0 Å². The minimum atomic E-state index is 0.194. The second-order valence-corrected chi connectivity index (χ2v) is 8.46. The van der Waals surface area contributed by atoms with Crippen LogP contribution in [0.15, 0.2) is 29.2 Å². The SMILES string of the molecule is Cc1c(O)c(-c2ccc(SC(C)(C)C)cc2)nn1C(C)C. The van der Waals surface area contributed by atoms with E-state index in [1.165, 1.54) is 4.90 Å². The van der Waals surface area contributed by atoms with Gasteiger partial charge in [0, 0.05) is 21.2 Å². The molecule has 0 aliphatic rings. The molecule has 21 heavy (non-hydrogen) atoms. The minimum absolute atomic E-state index is 0.194. The van der Waals surface area contributed by atoms with E-state index >= 15 is 0 Å². The van der Waals surface area contributed by atoms with Gasteiger partial charge in [0.1, 0.15) is 5.69 Å². The molecule has 0 spiro atoms. The Morgan fingerprint density at radius 3 is 2.14 bits per heavy atom. The smallest absolute Gasteiger partial charge is 0.164 e. The average molecular weight is 304 g/mol. The number of aromatic nitrogens is 2. The lowest BCUT2D eigenvalue weighted by atomic mass is 10.1. The van der Waals surface area contributed by atoms with Crippen LogP contribution in [0, 0.1) is 6.92 Å². The summed E-state index contributed by atoms with van der Waals surface area (Å²) in [5.74, 6) is 0.278. The monoisotopic (exact) mass is 304 g/mol. The lowest BCUT2D eigenvalue weighted by Crippen LogP contribution is -2.06. The number of aromatic hydroxyl groups is 1. The summed E-state index contributed by atoms with van der Waals surface area (Å²) in [6.45, 7) is 12.6. The Balaban J connectivity index is 2.33. The van der Waals surface area contributed by atoms with Crippen LogP contribution in [0.25, 0.3) is 11.3 Å². The molecule has 0 fully saturated rings. The van der Waals surface area contributed by atoms with Crippen molar-refractivity contribution in [3.63, 3.8) is 0 Å². The quantitative estimate of drug-likeness (QED) is 0.808. The van der Waals surface area contributed by atoms with Crippen LogP contribution in [-0.4, -0.2) is 19.6 Å². The van der Waals surface area contributed by atoms with Crippen molar-refractivity contribution in [1.29, 1.82) is 0 Å². The first kappa shape index (κ1) is 16.0. The van der Waals surface area contributed by atoms with Gasteiger partial charge in [0.15, 0.2) is 5.75 Å². The Hall–Kier alpha value is -1.42.